The number of hydrogen-bond acceptors (Lipinski definition) is 5. The predicted molar refractivity (Wildman–Crippen MR) is 58.6 cm³/mol. The van der Waals surface area contributed by atoms with E-state index in [0.29, 0.717) is 30.8 Å². The first-order valence-corrected chi connectivity index (χ1v) is 7.08. The molecule has 2 rings (SSSR count). The predicted octanol–water partition coefficient (Wildman–Crippen LogP) is -0.128. The van der Waals surface area contributed by atoms with E-state index in [4.69, 9.17) is 5.11 Å². The van der Waals surface area contributed by atoms with Crippen molar-refractivity contribution in [3.63, 3.8) is 0 Å². The zero-order valence-corrected chi connectivity index (χ0v) is 9.70. The van der Waals surface area contributed by atoms with Crippen LogP contribution >= 0.6 is 0 Å². The number of rotatable bonds is 3. The molecule has 5 nitrogen and oxygen atoms in total. The number of nitrogens with zero attached hydrogens (tertiary/aromatic N) is 2. The number of aryl methyl sites for hydroxylation is 2. The minimum atomic E-state index is -2.97. The Labute approximate surface area is 94.5 Å². The first-order chi connectivity index (χ1) is 7.61. The van der Waals surface area contributed by atoms with Gasteiger partial charge in [-0.15, -0.1) is 0 Å². The Morgan fingerprint density at radius 3 is 3.00 bits per heavy atom. The van der Waals surface area contributed by atoms with Gasteiger partial charge in [0.15, 0.2) is 9.84 Å². The third kappa shape index (κ3) is 2.56. The summed E-state index contributed by atoms with van der Waals surface area (Å²) in [6.45, 7) is 0.0960. The molecule has 0 fully saturated rings. The molecule has 0 spiro atoms. The first-order valence-electron chi connectivity index (χ1n) is 5.26. The Kier molecular flexibility index (Phi) is 3.20. The lowest BCUT2D eigenvalue weighted by molar-refractivity contribution is 0.287. The largest absolute Gasteiger partial charge is 0.396 e. The molecule has 16 heavy (non-hydrogen) atoms. The second kappa shape index (κ2) is 4.47. The van der Waals surface area contributed by atoms with E-state index >= 15 is 0 Å². The molecule has 88 valence electrons. The number of aliphatic hydroxyl groups is 1. The van der Waals surface area contributed by atoms with Crippen molar-refractivity contribution < 1.29 is 13.5 Å². The molecule has 0 radical (unpaired) electrons. The lowest BCUT2D eigenvalue weighted by Gasteiger charge is -2.15. The fourth-order valence-corrected chi connectivity index (χ4v) is 3.06. The van der Waals surface area contributed by atoms with Crippen LogP contribution in [0.1, 0.15) is 23.5 Å². The highest BCUT2D eigenvalue weighted by atomic mass is 32.2. The standard InChI is InChI=1S/C10H14N2O3S/c13-4-1-2-10-11-6-8-3-5-16(14,15)7-9(8)12-10/h6,13H,1-5,7H2. The number of hydrogen-bond donors (Lipinski definition) is 1. The van der Waals surface area contributed by atoms with Crippen LogP contribution < -0.4 is 0 Å². The molecule has 6 heteroatoms. The molecule has 2 heterocycles. The Morgan fingerprint density at radius 1 is 1.44 bits per heavy atom. The van der Waals surface area contributed by atoms with Crippen LogP contribution in [0.15, 0.2) is 6.20 Å². The van der Waals surface area contributed by atoms with Gasteiger partial charge in [-0.1, -0.05) is 0 Å². The Balaban J connectivity index is 2.24. The molecule has 0 bridgehead atoms. The minimum absolute atomic E-state index is 0.0248. The van der Waals surface area contributed by atoms with Crippen molar-refractivity contribution in [1.29, 1.82) is 0 Å². The SMILES string of the molecule is O=S1(=O)CCc2cnc(CCCO)nc2C1. The van der Waals surface area contributed by atoms with E-state index < -0.39 is 9.84 Å². The molecule has 0 atom stereocenters. The molecule has 1 aliphatic rings. The van der Waals surface area contributed by atoms with E-state index in [1.807, 2.05) is 0 Å². The molecule has 1 aliphatic heterocycles. The van der Waals surface area contributed by atoms with Crippen molar-refractivity contribution in [2.75, 3.05) is 12.4 Å². The van der Waals surface area contributed by atoms with E-state index in [-0.39, 0.29) is 18.1 Å². The van der Waals surface area contributed by atoms with Crippen LogP contribution in [0.5, 0.6) is 0 Å². The van der Waals surface area contributed by atoms with Crippen molar-refractivity contribution >= 4 is 9.84 Å². The minimum Gasteiger partial charge on any atom is -0.396 e. The van der Waals surface area contributed by atoms with Crippen molar-refractivity contribution in [1.82, 2.24) is 9.97 Å². The van der Waals surface area contributed by atoms with Gasteiger partial charge in [-0.05, 0) is 18.4 Å². The molecule has 0 saturated carbocycles. The summed E-state index contributed by atoms with van der Waals surface area (Å²) in [5.41, 5.74) is 1.57. The summed E-state index contributed by atoms with van der Waals surface area (Å²) in [6.07, 6.45) is 3.41. The van der Waals surface area contributed by atoms with Gasteiger partial charge in [0.05, 0.1) is 17.2 Å². The smallest absolute Gasteiger partial charge is 0.156 e. The average Bonchev–Trinajstić information content (AvgIpc) is 2.24. The van der Waals surface area contributed by atoms with Crippen LogP contribution in [0.25, 0.3) is 0 Å². The van der Waals surface area contributed by atoms with E-state index in [1.54, 1.807) is 6.20 Å². The molecule has 0 aromatic carbocycles. The van der Waals surface area contributed by atoms with Gasteiger partial charge in [0.25, 0.3) is 0 Å². The Bertz CT molecular complexity index is 485. The molecule has 1 N–H and O–H groups in total. The van der Waals surface area contributed by atoms with Gasteiger partial charge in [0, 0.05) is 19.2 Å². The van der Waals surface area contributed by atoms with Crippen LogP contribution in [0, 0.1) is 0 Å². The van der Waals surface area contributed by atoms with E-state index in [1.165, 1.54) is 0 Å². The normalized spacial score (nSPS) is 18.1. The van der Waals surface area contributed by atoms with Gasteiger partial charge >= 0.3 is 0 Å². The third-order valence-electron chi connectivity index (χ3n) is 2.60. The molecule has 0 unspecified atom stereocenters. The van der Waals surface area contributed by atoms with E-state index in [9.17, 15) is 8.42 Å². The van der Waals surface area contributed by atoms with Gasteiger partial charge in [0.1, 0.15) is 5.82 Å². The van der Waals surface area contributed by atoms with Crippen LogP contribution in [0.3, 0.4) is 0 Å². The zero-order chi connectivity index (χ0) is 11.6. The van der Waals surface area contributed by atoms with Crippen molar-refractivity contribution in [3.8, 4) is 0 Å². The Morgan fingerprint density at radius 2 is 2.25 bits per heavy atom. The third-order valence-corrected chi connectivity index (χ3v) is 4.14. The number of sulfone groups is 1. The molecule has 1 aromatic rings. The summed E-state index contributed by atoms with van der Waals surface area (Å²) in [6, 6.07) is 0. The lowest BCUT2D eigenvalue weighted by Crippen LogP contribution is -2.21. The van der Waals surface area contributed by atoms with Crippen LogP contribution in [0.2, 0.25) is 0 Å². The molecule has 0 aliphatic carbocycles. The van der Waals surface area contributed by atoms with E-state index in [0.717, 1.165) is 5.56 Å². The maximum atomic E-state index is 11.4. The quantitative estimate of drug-likeness (QED) is 0.798. The van der Waals surface area contributed by atoms with Gasteiger partial charge < -0.3 is 5.11 Å². The van der Waals surface area contributed by atoms with E-state index in [2.05, 4.69) is 9.97 Å². The maximum Gasteiger partial charge on any atom is 0.156 e. The second-order valence-corrected chi connectivity index (χ2v) is 6.11. The van der Waals surface area contributed by atoms with Crippen molar-refractivity contribution in [2.24, 2.45) is 0 Å². The zero-order valence-electron chi connectivity index (χ0n) is 8.89. The van der Waals surface area contributed by atoms with Gasteiger partial charge in [-0.2, -0.15) is 0 Å². The Hall–Kier alpha value is -1.01. The summed E-state index contributed by atoms with van der Waals surface area (Å²) in [4.78, 5) is 8.41. The summed E-state index contributed by atoms with van der Waals surface area (Å²) in [5.74, 6) is 0.834. The summed E-state index contributed by atoms with van der Waals surface area (Å²) >= 11 is 0. The molecular formula is C10H14N2O3S. The second-order valence-electron chi connectivity index (χ2n) is 3.93. The highest BCUT2D eigenvalue weighted by Crippen LogP contribution is 2.18. The number of aromatic nitrogens is 2. The fraction of sp³-hybridized carbons (Fsp3) is 0.600. The molecule has 0 saturated heterocycles. The number of aliphatic hydroxyl groups excluding tert-OH is 1. The van der Waals surface area contributed by atoms with Crippen molar-refractivity contribution in [2.45, 2.75) is 25.0 Å². The van der Waals surface area contributed by atoms with Gasteiger partial charge in [-0.25, -0.2) is 18.4 Å². The van der Waals surface area contributed by atoms with Crippen LogP contribution in [0.4, 0.5) is 0 Å². The molecule has 0 amide bonds. The highest BCUT2D eigenvalue weighted by Gasteiger charge is 2.22. The average molecular weight is 242 g/mol. The van der Waals surface area contributed by atoms with Gasteiger partial charge in [-0.3, -0.25) is 0 Å². The maximum absolute atomic E-state index is 11.4. The molecular weight excluding hydrogens is 228 g/mol. The van der Waals surface area contributed by atoms with Crippen LogP contribution in [-0.4, -0.2) is 35.9 Å². The summed E-state index contributed by atoms with van der Waals surface area (Å²) in [7, 11) is -2.97. The number of fused-ring (bicyclic) bond motifs is 1. The monoisotopic (exact) mass is 242 g/mol. The highest BCUT2D eigenvalue weighted by molar-refractivity contribution is 7.90. The van der Waals surface area contributed by atoms with Crippen molar-refractivity contribution in [3.05, 3.63) is 23.3 Å². The summed E-state index contributed by atoms with van der Waals surface area (Å²) < 4.78 is 22.9. The molecule has 1 aromatic heterocycles. The summed E-state index contributed by atoms with van der Waals surface area (Å²) in [5, 5.41) is 8.70. The first kappa shape index (κ1) is 11.5. The van der Waals surface area contributed by atoms with Crippen LogP contribution in [-0.2, 0) is 28.4 Å². The fourth-order valence-electron chi connectivity index (χ4n) is 1.72. The lowest BCUT2D eigenvalue weighted by atomic mass is 10.2. The topological polar surface area (TPSA) is 80.2 Å². The van der Waals surface area contributed by atoms with Gasteiger partial charge in [0.2, 0.25) is 0 Å².